The molecule has 1 N–H and O–H groups in total. The Balaban J connectivity index is 2.67. The van der Waals surface area contributed by atoms with Gasteiger partial charge in [0.2, 0.25) is 0 Å². The van der Waals surface area contributed by atoms with Crippen LogP contribution in [0.4, 0.5) is 0 Å². The Morgan fingerprint density at radius 2 is 2.00 bits per heavy atom. The smallest absolute Gasteiger partial charge is 0.272 e. The van der Waals surface area contributed by atoms with Gasteiger partial charge in [-0.1, -0.05) is 13.8 Å². The predicted octanol–water partition coefficient (Wildman–Crippen LogP) is 2.55. The highest BCUT2D eigenvalue weighted by atomic mass is 16.1. The molecule has 0 amide bonds. The number of aromatic amines is 1. The molecular formula is C12H16N2O. The van der Waals surface area contributed by atoms with Crippen LogP contribution in [0.25, 0.3) is 10.9 Å². The molecule has 0 fully saturated rings. The Hall–Kier alpha value is -1.51. The Labute approximate surface area is 88.7 Å². The van der Waals surface area contributed by atoms with Crippen molar-refractivity contribution in [2.45, 2.75) is 26.8 Å². The summed E-state index contributed by atoms with van der Waals surface area (Å²) in [4.78, 5) is 14.4. The number of rotatable bonds is 2. The van der Waals surface area contributed by atoms with Gasteiger partial charge in [-0.05, 0) is 25.0 Å². The summed E-state index contributed by atoms with van der Waals surface area (Å²) in [5.41, 5.74) is 0.767. The van der Waals surface area contributed by atoms with Crippen LogP contribution in [0.15, 0.2) is 29.3 Å². The van der Waals surface area contributed by atoms with E-state index in [0.717, 1.165) is 10.9 Å². The Morgan fingerprint density at radius 1 is 1.27 bits per heavy atom. The largest absolute Gasteiger partial charge is 0.340 e. The number of aromatic nitrogens is 2. The van der Waals surface area contributed by atoms with Crippen LogP contribution in [0.5, 0.6) is 0 Å². The first-order valence-electron chi connectivity index (χ1n) is 5.29. The number of hydrogen-bond donors (Lipinski definition) is 1. The lowest BCUT2D eigenvalue weighted by Crippen LogP contribution is -2.16. The van der Waals surface area contributed by atoms with Gasteiger partial charge in [0.15, 0.2) is 0 Å². The Bertz CT molecular complexity index is 522. The summed E-state index contributed by atoms with van der Waals surface area (Å²) in [5, 5.41) is 1.01. The van der Waals surface area contributed by atoms with E-state index in [1.54, 1.807) is 6.20 Å². The van der Waals surface area contributed by atoms with Crippen molar-refractivity contribution in [2.24, 2.45) is 5.92 Å². The molecule has 1 unspecified atom stereocenters. The van der Waals surface area contributed by atoms with E-state index in [1.165, 1.54) is 0 Å². The van der Waals surface area contributed by atoms with Crippen molar-refractivity contribution in [1.29, 1.82) is 0 Å². The molecule has 0 bridgehead atoms. The summed E-state index contributed by atoms with van der Waals surface area (Å²) in [6.07, 6.45) is 3.68. The highest BCUT2D eigenvalue weighted by Gasteiger charge is 2.13. The molecule has 2 aromatic heterocycles. The summed E-state index contributed by atoms with van der Waals surface area (Å²) in [6, 6.07) is 4.26. The minimum absolute atomic E-state index is 0.00926. The van der Waals surface area contributed by atoms with Crippen molar-refractivity contribution in [3.63, 3.8) is 0 Å². The van der Waals surface area contributed by atoms with Crippen molar-refractivity contribution in [3.8, 4) is 0 Å². The fourth-order valence-electron chi connectivity index (χ4n) is 1.78. The standard InChI is InChI=1S/C12H16N2O/c1-8(2)9(3)14-7-5-10-4-6-13-12(15)11(10)14/h4-9H,1-3H3,(H,13,15). The lowest BCUT2D eigenvalue weighted by molar-refractivity contribution is 0.418. The van der Waals surface area contributed by atoms with E-state index < -0.39 is 0 Å². The number of fused-ring (bicyclic) bond motifs is 1. The first-order chi connectivity index (χ1) is 7.11. The summed E-state index contributed by atoms with van der Waals surface area (Å²) >= 11 is 0. The number of hydrogen-bond acceptors (Lipinski definition) is 1. The molecule has 3 nitrogen and oxygen atoms in total. The van der Waals surface area contributed by atoms with Gasteiger partial charge >= 0.3 is 0 Å². The van der Waals surface area contributed by atoms with Crippen LogP contribution in [0.3, 0.4) is 0 Å². The van der Waals surface area contributed by atoms with E-state index in [9.17, 15) is 4.79 Å². The maximum atomic E-state index is 11.7. The molecule has 80 valence electrons. The average molecular weight is 204 g/mol. The molecule has 15 heavy (non-hydrogen) atoms. The van der Waals surface area contributed by atoms with Crippen LogP contribution in [-0.2, 0) is 0 Å². The summed E-state index contributed by atoms with van der Waals surface area (Å²) < 4.78 is 2.05. The van der Waals surface area contributed by atoms with Crippen molar-refractivity contribution in [2.75, 3.05) is 0 Å². The van der Waals surface area contributed by atoms with Crippen molar-refractivity contribution < 1.29 is 0 Å². The van der Waals surface area contributed by atoms with Gasteiger partial charge < -0.3 is 9.55 Å². The maximum Gasteiger partial charge on any atom is 0.272 e. The third-order valence-electron chi connectivity index (χ3n) is 3.04. The molecule has 2 rings (SSSR count). The number of nitrogens with one attached hydrogen (secondary N) is 1. The molecule has 2 aromatic rings. The van der Waals surface area contributed by atoms with Crippen LogP contribution in [0.1, 0.15) is 26.8 Å². The normalized spacial score (nSPS) is 13.6. The van der Waals surface area contributed by atoms with Gasteiger partial charge in [-0.2, -0.15) is 0 Å². The van der Waals surface area contributed by atoms with E-state index in [0.29, 0.717) is 12.0 Å². The van der Waals surface area contributed by atoms with Gasteiger partial charge in [0.1, 0.15) is 5.52 Å². The molecule has 0 aliphatic rings. The molecule has 0 radical (unpaired) electrons. The van der Waals surface area contributed by atoms with Crippen LogP contribution < -0.4 is 5.56 Å². The molecule has 0 aromatic carbocycles. The minimum atomic E-state index is -0.00926. The van der Waals surface area contributed by atoms with Gasteiger partial charge in [-0.15, -0.1) is 0 Å². The minimum Gasteiger partial charge on any atom is -0.340 e. The van der Waals surface area contributed by atoms with Crippen molar-refractivity contribution >= 4 is 10.9 Å². The fourth-order valence-corrected chi connectivity index (χ4v) is 1.78. The summed E-state index contributed by atoms with van der Waals surface area (Å²) in [5.74, 6) is 0.514. The Morgan fingerprint density at radius 3 is 2.67 bits per heavy atom. The quantitative estimate of drug-likeness (QED) is 0.802. The molecule has 0 saturated heterocycles. The van der Waals surface area contributed by atoms with E-state index in [1.807, 2.05) is 18.3 Å². The highest BCUT2D eigenvalue weighted by molar-refractivity contribution is 5.78. The maximum absolute atomic E-state index is 11.7. The van der Waals surface area contributed by atoms with Crippen molar-refractivity contribution in [3.05, 3.63) is 34.9 Å². The van der Waals surface area contributed by atoms with Gasteiger partial charge in [0, 0.05) is 23.8 Å². The lowest BCUT2D eigenvalue weighted by Gasteiger charge is -2.18. The first kappa shape index (κ1) is 10.0. The van der Waals surface area contributed by atoms with Crippen LogP contribution in [0.2, 0.25) is 0 Å². The molecule has 0 aliphatic heterocycles. The third kappa shape index (κ3) is 1.58. The SMILES string of the molecule is CC(C)C(C)n1ccc2cc[nH]c(=O)c21. The third-order valence-corrected chi connectivity index (χ3v) is 3.04. The van der Waals surface area contributed by atoms with E-state index >= 15 is 0 Å². The predicted molar refractivity (Wildman–Crippen MR) is 62.1 cm³/mol. The van der Waals surface area contributed by atoms with E-state index in [4.69, 9.17) is 0 Å². The molecule has 3 heteroatoms. The zero-order chi connectivity index (χ0) is 11.0. The first-order valence-corrected chi connectivity index (χ1v) is 5.29. The van der Waals surface area contributed by atoms with Gasteiger partial charge in [0.25, 0.3) is 5.56 Å². The fraction of sp³-hybridized carbons (Fsp3) is 0.417. The average Bonchev–Trinajstić information content (AvgIpc) is 2.61. The van der Waals surface area contributed by atoms with Gasteiger partial charge in [-0.3, -0.25) is 4.79 Å². The van der Waals surface area contributed by atoms with Gasteiger partial charge in [0.05, 0.1) is 0 Å². The molecular weight excluding hydrogens is 188 g/mol. The second kappa shape index (κ2) is 3.57. The van der Waals surface area contributed by atoms with Crippen LogP contribution in [-0.4, -0.2) is 9.55 Å². The second-order valence-electron chi connectivity index (χ2n) is 4.32. The van der Waals surface area contributed by atoms with E-state index in [-0.39, 0.29) is 5.56 Å². The Kier molecular flexibility index (Phi) is 2.39. The number of pyridine rings is 1. The number of H-pyrrole nitrogens is 1. The monoisotopic (exact) mass is 204 g/mol. The molecule has 2 heterocycles. The van der Waals surface area contributed by atoms with Crippen LogP contribution in [0, 0.1) is 5.92 Å². The van der Waals surface area contributed by atoms with Gasteiger partial charge in [-0.25, -0.2) is 0 Å². The zero-order valence-electron chi connectivity index (χ0n) is 9.32. The van der Waals surface area contributed by atoms with Crippen molar-refractivity contribution in [1.82, 2.24) is 9.55 Å². The zero-order valence-corrected chi connectivity index (χ0v) is 9.32. The molecule has 1 atom stereocenters. The topological polar surface area (TPSA) is 37.8 Å². The van der Waals surface area contributed by atoms with Crippen LogP contribution >= 0.6 is 0 Å². The molecule has 0 aliphatic carbocycles. The highest BCUT2D eigenvalue weighted by Crippen LogP contribution is 2.21. The van der Waals surface area contributed by atoms with E-state index in [2.05, 4.69) is 30.3 Å². The lowest BCUT2D eigenvalue weighted by atomic mass is 10.1. The number of nitrogens with zero attached hydrogens (tertiary/aromatic N) is 1. The summed E-state index contributed by atoms with van der Waals surface area (Å²) in [7, 11) is 0. The summed E-state index contributed by atoms with van der Waals surface area (Å²) in [6.45, 7) is 6.46. The molecule has 0 spiro atoms. The second-order valence-corrected chi connectivity index (χ2v) is 4.32. The molecule has 0 saturated carbocycles.